The summed E-state index contributed by atoms with van der Waals surface area (Å²) in [7, 11) is 1.56. The van der Waals surface area contributed by atoms with Gasteiger partial charge in [-0.25, -0.2) is 0 Å². The number of benzene rings is 4. The van der Waals surface area contributed by atoms with Crippen LogP contribution in [0.15, 0.2) is 114 Å². The Balaban J connectivity index is 1.48. The lowest BCUT2D eigenvalue weighted by atomic mass is 10.1. The quantitative estimate of drug-likeness (QED) is 0.139. The second kappa shape index (κ2) is 13.3. The number of Topliss-reactive ketones (excluding diaryl/α,β-unsaturated/α-hetero) is 1. The van der Waals surface area contributed by atoms with Crippen LogP contribution in [0.25, 0.3) is 6.08 Å². The number of hydrogen-bond acceptors (Lipinski definition) is 5. The van der Waals surface area contributed by atoms with E-state index in [-0.39, 0.29) is 23.1 Å². The van der Waals surface area contributed by atoms with Crippen molar-refractivity contribution in [1.82, 2.24) is 5.32 Å². The van der Waals surface area contributed by atoms with Gasteiger partial charge in [-0.05, 0) is 61.0 Å². The summed E-state index contributed by atoms with van der Waals surface area (Å²) in [4.78, 5) is 39.7. The molecule has 0 aliphatic carbocycles. The Morgan fingerprint density at radius 1 is 0.821 bits per heavy atom. The van der Waals surface area contributed by atoms with Gasteiger partial charge in [-0.15, -0.1) is 11.8 Å². The summed E-state index contributed by atoms with van der Waals surface area (Å²) < 4.78 is 5.20. The van der Waals surface area contributed by atoms with Crippen LogP contribution < -0.4 is 15.4 Å². The highest BCUT2D eigenvalue weighted by atomic mass is 32.2. The second-order valence-electron chi connectivity index (χ2n) is 8.72. The molecule has 0 spiro atoms. The van der Waals surface area contributed by atoms with Crippen molar-refractivity contribution in [3.05, 3.63) is 131 Å². The van der Waals surface area contributed by atoms with Gasteiger partial charge in [-0.1, -0.05) is 66.2 Å². The van der Waals surface area contributed by atoms with Crippen LogP contribution in [0.2, 0.25) is 0 Å². The van der Waals surface area contributed by atoms with Crippen LogP contribution in [0.4, 0.5) is 5.69 Å². The molecule has 0 unspecified atom stereocenters. The fourth-order valence-corrected chi connectivity index (χ4v) is 4.61. The minimum atomic E-state index is -0.463. The highest BCUT2D eigenvalue weighted by molar-refractivity contribution is 8.00. The maximum Gasteiger partial charge on any atom is 0.272 e. The minimum absolute atomic E-state index is 0.0275. The first-order chi connectivity index (χ1) is 18.9. The molecule has 4 aromatic carbocycles. The number of amides is 2. The van der Waals surface area contributed by atoms with Gasteiger partial charge in [0, 0.05) is 21.7 Å². The summed E-state index contributed by atoms with van der Waals surface area (Å²) in [5.74, 6) is -0.0128. The molecule has 0 saturated heterocycles. The Labute approximate surface area is 232 Å². The van der Waals surface area contributed by atoms with E-state index in [1.54, 1.807) is 79.9 Å². The predicted octanol–water partition coefficient (Wildman–Crippen LogP) is 6.39. The van der Waals surface area contributed by atoms with Crippen molar-refractivity contribution in [1.29, 1.82) is 0 Å². The summed E-state index contributed by atoms with van der Waals surface area (Å²) in [5, 5.41) is 5.63. The maximum atomic E-state index is 13.3. The molecule has 0 radical (unpaired) electrons. The first-order valence-electron chi connectivity index (χ1n) is 12.3. The lowest BCUT2D eigenvalue weighted by molar-refractivity contribution is -0.113. The SMILES string of the molecule is COc1cccc(C(=O)CSc2cccc(NC(=O)/C(=C/c3cccc(C)c3)NC(=O)c3ccccc3)c2)c1. The number of methoxy groups -OCH3 is 1. The third-order valence-corrected chi connectivity index (χ3v) is 6.73. The van der Waals surface area contributed by atoms with Crippen LogP contribution >= 0.6 is 11.8 Å². The van der Waals surface area contributed by atoms with E-state index in [1.807, 2.05) is 43.3 Å². The Hall–Kier alpha value is -4.62. The van der Waals surface area contributed by atoms with Crippen LogP contribution in [-0.4, -0.2) is 30.5 Å². The Bertz CT molecular complexity index is 1520. The van der Waals surface area contributed by atoms with E-state index in [4.69, 9.17) is 4.74 Å². The number of rotatable bonds is 10. The zero-order chi connectivity index (χ0) is 27.6. The van der Waals surface area contributed by atoms with E-state index in [2.05, 4.69) is 10.6 Å². The average molecular weight is 537 g/mol. The van der Waals surface area contributed by atoms with Gasteiger partial charge in [-0.2, -0.15) is 0 Å². The molecular formula is C32H28N2O4S. The molecule has 0 aromatic heterocycles. The van der Waals surface area contributed by atoms with Crippen molar-refractivity contribution in [3.63, 3.8) is 0 Å². The molecule has 4 rings (SSSR count). The van der Waals surface area contributed by atoms with Crippen LogP contribution in [0.1, 0.15) is 31.8 Å². The predicted molar refractivity (Wildman–Crippen MR) is 156 cm³/mol. The summed E-state index contributed by atoms with van der Waals surface area (Å²) in [6, 6.07) is 30.7. The summed E-state index contributed by atoms with van der Waals surface area (Å²) in [6.07, 6.45) is 1.65. The van der Waals surface area contributed by atoms with E-state index >= 15 is 0 Å². The Morgan fingerprint density at radius 2 is 1.56 bits per heavy atom. The normalized spacial score (nSPS) is 11.0. The Morgan fingerprint density at radius 3 is 2.33 bits per heavy atom. The topological polar surface area (TPSA) is 84.5 Å². The van der Waals surface area contributed by atoms with Crippen molar-refractivity contribution >= 4 is 41.1 Å². The van der Waals surface area contributed by atoms with Gasteiger partial charge in [0.2, 0.25) is 0 Å². The molecule has 6 nitrogen and oxygen atoms in total. The first-order valence-corrected chi connectivity index (χ1v) is 13.3. The molecule has 39 heavy (non-hydrogen) atoms. The van der Waals surface area contributed by atoms with Gasteiger partial charge in [0.1, 0.15) is 11.4 Å². The van der Waals surface area contributed by atoms with Crippen molar-refractivity contribution < 1.29 is 19.1 Å². The number of carbonyl (C=O) groups excluding carboxylic acids is 3. The molecule has 0 aliphatic heterocycles. The lowest BCUT2D eigenvalue weighted by Crippen LogP contribution is -2.30. The molecule has 0 saturated carbocycles. The van der Waals surface area contributed by atoms with E-state index < -0.39 is 5.91 Å². The van der Waals surface area contributed by atoms with E-state index in [0.717, 1.165) is 16.0 Å². The number of carbonyl (C=O) groups is 3. The summed E-state index contributed by atoms with van der Waals surface area (Å²) in [5.41, 5.74) is 3.49. The maximum absolute atomic E-state index is 13.3. The van der Waals surface area contributed by atoms with Crippen LogP contribution in [-0.2, 0) is 4.79 Å². The van der Waals surface area contributed by atoms with Crippen LogP contribution in [0.5, 0.6) is 5.75 Å². The smallest absolute Gasteiger partial charge is 0.272 e. The number of thioether (sulfide) groups is 1. The standard InChI is InChI=1S/C32H28N2O4S/c1-22-9-6-10-23(17-22)18-29(34-31(36)24-11-4-3-5-12-24)32(37)33-26-14-8-16-28(20-26)39-21-30(35)25-13-7-15-27(19-25)38-2/h3-20H,21H2,1-2H3,(H,33,37)(H,34,36)/b29-18-. The van der Waals surface area contributed by atoms with Crippen molar-refractivity contribution in [3.8, 4) is 5.75 Å². The summed E-state index contributed by atoms with van der Waals surface area (Å²) in [6.45, 7) is 1.96. The molecule has 196 valence electrons. The minimum Gasteiger partial charge on any atom is -0.497 e. The fraction of sp³-hybridized carbons (Fsp3) is 0.0938. The zero-order valence-corrected chi connectivity index (χ0v) is 22.5. The first kappa shape index (κ1) is 27.4. The number of nitrogens with one attached hydrogen (secondary N) is 2. The van der Waals surface area contributed by atoms with Crippen molar-refractivity contribution in [2.45, 2.75) is 11.8 Å². The van der Waals surface area contributed by atoms with E-state index in [1.165, 1.54) is 11.8 Å². The highest BCUT2D eigenvalue weighted by Crippen LogP contribution is 2.24. The Kier molecular flexibility index (Phi) is 9.32. The zero-order valence-electron chi connectivity index (χ0n) is 21.6. The summed E-state index contributed by atoms with van der Waals surface area (Å²) >= 11 is 1.37. The van der Waals surface area contributed by atoms with Crippen molar-refractivity contribution in [2.75, 3.05) is 18.2 Å². The largest absolute Gasteiger partial charge is 0.497 e. The molecule has 0 fully saturated rings. The molecule has 2 amide bonds. The lowest BCUT2D eigenvalue weighted by Gasteiger charge is -2.12. The van der Waals surface area contributed by atoms with Gasteiger partial charge in [0.25, 0.3) is 11.8 Å². The molecule has 0 bridgehead atoms. The number of ether oxygens (including phenoxy) is 1. The molecular weight excluding hydrogens is 508 g/mol. The molecule has 7 heteroatoms. The third kappa shape index (κ3) is 7.93. The highest BCUT2D eigenvalue weighted by Gasteiger charge is 2.16. The van der Waals surface area contributed by atoms with E-state index in [9.17, 15) is 14.4 Å². The number of anilines is 1. The van der Waals surface area contributed by atoms with Gasteiger partial charge < -0.3 is 15.4 Å². The van der Waals surface area contributed by atoms with E-state index in [0.29, 0.717) is 22.6 Å². The molecule has 0 atom stereocenters. The van der Waals surface area contributed by atoms with Crippen LogP contribution in [0, 0.1) is 6.92 Å². The number of ketones is 1. The average Bonchev–Trinajstić information content (AvgIpc) is 2.96. The second-order valence-corrected chi connectivity index (χ2v) is 9.77. The molecule has 0 heterocycles. The number of hydrogen-bond donors (Lipinski definition) is 2. The monoisotopic (exact) mass is 536 g/mol. The molecule has 2 N–H and O–H groups in total. The van der Waals surface area contributed by atoms with Gasteiger partial charge in [-0.3, -0.25) is 14.4 Å². The fourth-order valence-electron chi connectivity index (χ4n) is 3.76. The van der Waals surface area contributed by atoms with Gasteiger partial charge >= 0.3 is 0 Å². The van der Waals surface area contributed by atoms with Gasteiger partial charge in [0.15, 0.2) is 5.78 Å². The van der Waals surface area contributed by atoms with Crippen LogP contribution in [0.3, 0.4) is 0 Å². The molecule has 4 aromatic rings. The third-order valence-electron chi connectivity index (χ3n) is 5.74. The number of aryl methyl sites for hydroxylation is 1. The van der Waals surface area contributed by atoms with Crippen molar-refractivity contribution in [2.24, 2.45) is 0 Å². The molecule has 0 aliphatic rings. The van der Waals surface area contributed by atoms with Gasteiger partial charge in [0.05, 0.1) is 12.9 Å².